The van der Waals surface area contributed by atoms with Crippen LogP contribution in [0, 0.1) is 23.3 Å². The predicted octanol–water partition coefficient (Wildman–Crippen LogP) is 9.36. The summed E-state index contributed by atoms with van der Waals surface area (Å²) in [5, 5.41) is 13.0. The largest absolute Gasteiger partial charge is 0.394 e. The number of aromatic amines is 2. The monoisotopic (exact) mass is 876 g/mol. The van der Waals surface area contributed by atoms with Crippen molar-refractivity contribution in [2.75, 3.05) is 26.2 Å². The van der Waals surface area contributed by atoms with Crippen molar-refractivity contribution in [1.82, 2.24) is 30.2 Å². The maximum absolute atomic E-state index is 13.5. The van der Waals surface area contributed by atoms with Gasteiger partial charge in [-0.2, -0.15) is 18.6 Å². The number of likely N-dealkylation sites (tertiary alicyclic amines) is 2. The topological polar surface area (TPSA) is 138 Å². The molecule has 0 spiro atoms. The van der Waals surface area contributed by atoms with Crippen LogP contribution in [0.2, 0.25) is 0 Å². The van der Waals surface area contributed by atoms with Crippen LogP contribution < -0.4 is 0 Å². The van der Waals surface area contributed by atoms with Crippen LogP contribution >= 0.6 is 0 Å². The number of nitrogens with zero attached hydrogens (tertiary/aromatic N) is 4. The minimum absolute atomic E-state index is 0.0484. The fourth-order valence-corrected chi connectivity index (χ4v) is 7.84. The number of rotatable bonds is 10. The van der Waals surface area contributed by atoms with Crippen molar-refractivity contribution in [3.63, 3.8) is 0 Å². The highest BCUT2D eigenvalue weighted by molar-refractivity contribution is 7.79. The number of alkyl halides is 4. The first-order valence-electron chi connectivity index (χ1n) is 18.8. The number of hydrogen-bond acceptors (Lipinski definition) is 6. The molecule has 0 saturated carbocycles. The van der Waals surface area contributed by atoms with Crippen LogP contribution in [0.4, 0.5) is 35.1 Å². The van der Waals surface area contributed by atoms with Gasteiger partial charge < -0.3 is 0 Å². The van der Waals surface area contributed by atoms with Crippen LogP contribution in [0.25, 0.3) is 0 Å². The van der Waals surface area contributed by atoms with Gasteiger partial charge in [0.25, 0.3) is 12.9 Å². The van der Waals surface area contributed by atoms with Crippen molar-refractivity contribution < 1.29 is 52.6 Å². The molecule has 4 heterocycles. The quantitative estimate of drug-likeness (QED) is 0.0790. The van der Waals surface area contributed by atoms with Crippen LogP contribution in [0.15, 0.2) is 109 Å². The van der Waals surface area contributed by atoms with E-state index in [0.717, 1.165) is 23.3 Å². The molecule has 4 aromatic carbocycles. The maximum Gasteiger partial charge on any atom is 0.394 e. The van der Waals surface area contributed by atoms with Crippen molar-refractivity contribution in [2.24, 2.45) is 0 Å². The molecule has 2 fully saturated rings. The molecule has 0 amide bonds. The number of H-pyrrole nitrogens is 2. The van der Waals surface area contributed by atoms with E-state index in [2.05, 4.69) is 30.2 Å². The molecule has 6 aromatic rings. The van der Waals surface area contributed by atoms with Crippen molar-refractivity contribution in [1.29, 1.82) is 0 Å². The molecule has 0 bridgehead atoms. The number of benzene rings is 4. The van der Waals surface area contributed by atoms with Gasteiger partial charge in [-0.3, -0.25) is 29.1 Å². The Hall–Kier alpha value is -5.47. The molecule has 0 aliphatic carbocycles. The van der Waals surface area contributed by atoms with Crippen LogP contribution in [-0.4, -0.2) is 73.9 Å². The Bertz CT molecular complexity index is 2300. The molecule has 8 rings (SSSR count). The number of nitrogens with one attached hydrogen (secondary N) is 2. The number of hydrogen-bond donors (Lipinski definition) is 4. The smallest absolute Gasteiger partial charge is 0.298 e. The molecule has 0 radical (unpaired) electrons. The molecule has 2 aromatic heterocycles. The molecule has 2 aliphatic heterocycles. The second-order valence-electron chi connectivity index (χ2n) is 14.7. The van der Waals surface area contributed by atoms with Crippen molar-refractivity contribution in [3.05, 3.63) is 177 Å². The Kier molecular flexibility index (Phi) is 14.7. The predicted molar refractivity (Wildman–Crippen MR) is 208 cm³/mol. The van der Waals surface area contributed by atoms with E-state index in [9.17, 15) is 35.1 Å². The highest BCUT2D eigenvalue weighted by Gasteiger charge is 2.38. The van der Waals surface area contributed by atoms with Crippen molar-refractivity contribution in [3.8, 4) is 0 Å². The third-order valence-corrected chi connectivity index (χ3v) is 10.5. The summed E-state index contributed by atoms with van der Waals surface area (Å²) in [6.45, 7) is 3.46. The maximum atomic E-state index is 13.5. The zero-order valence-electron chi connectivity index (χ0n) is 32.0. The molecule has 19 heteroatoms. The Morgan fingerprint density at radius 3 is 1.20 bits per heavy atom. The third-order valence-electron chi connectivity index (χ3n) is 10.5. The van der Waals surface area contributed by atoms with E-state index in [1.807, 2.05) is 60.7 Å². The number of aromatic nitrogens is 4. The van der Waals surface area contributed by atoms with Crippen LogP contribution in [0.3, 0.4) is 0 Å². The van der Waals surface area contributed by atoms with E-state index < -0.39 is 46.5 Å². The third kappa shape index (κ3) is 12.3. The number of halogens is 8. The summed E-state index contributed by atoms with van der Waals surface area (Å²) in [7, 11) is -4.67. The van der Waals surface area contributed by atoms with E-state index in [-0.39, 0.29) is 35.1 Å². The van der Waals surface area contributed by atoms with Gasteiger partial charge in [-0.25, -0.2) is 35.1 Å². The molecule has 4 atom stereocenters. The molecule has 324 valence electrons. The summed E-state index contributed by atoms with van der Waals surface area (Å²) in [6, 6.07) is 30.3. The van der Waals surface area contributed by atoms with Gasteiger partial charge in [0.2, 0.25) is 0 Å². The molecular formula is C42H40F8N6O4S. The Balaban J connectivity index is 0.000000184. The average molecular weight is 877 g/mol. The van der Waals surface area contributed by atoms with Gasteiger partial charge in [0.1, 0.15) is 11.4 Å². The highest BCUT2D eigenvalue weighted by Crippen LogP contribution is 2.41. The summed E-state index contributed by atoms with van der Waals surface area (Å²) in [5.41, 5.74) is 4.35. The van der Waals surface area contributed by atoms with E-state index in [0.29, 0.717) is 61.8 Å². The van der Waals surface area contributed by atoms with Gasteiger partial charge in [0.05, 0.1) is 0 Å². The van der Waals surface area contributed by atoms with Crippen molar-refractivity contribution >= 4 is 10.4 Å². The summed E-state index contributed by atoms with van der Waals surface area (Å²) < 4.78 is 137. The summed E-state index contributed by atoms with van der Waals surface area (Å²) >= 11 is 0. The van der Waals surface area contributed by atoms with E-state index >= 15 is 0 Å². The zero-order valence-corrected chi connectivity index (χ0v) is 32.8. The van der Waals surface area contributed by atoms with Gasteiger partial charge in [-0.05, 0) is 58.7 Å². The zero-order chi connectivity index (χ0) is 43.8. The Morgan fingerprint density at radius 1 is 0.541 bits per heavy atom. The van der Waals surface area contributed by atoms with Crippen LogP contribution in [0.5, 0.6) is 0 Å². The van der Waals surface area contributed by atoms with Gasteiger partial charge in [-0.1, -0.05) is 72.8 Å². The fourth-order valence-electron chi connectivity index (χ4n) is 7.84. The SMILES string of the molecule is Fc1ccc(CN2C[C@@H](c3ccccc3)[C@H](c3cc(C(F)F)n[nH]3)C2)cc1F.Fc1ccc(CN2C[C@@H](c3ccccc3)[C@H](c3cc(C(F)F)n[nH]3)C2)cc1F.O=S(=O)(O)O. The molecule has 2 saturated heterocycles. The normalized spacial score (nSPS) is 19.5. The second-order valence-corrected chi connectivity index (χ2v) is 15.6. The van der Waals surface area contributed by atoms with Gasteiger partial charge in [0.15, 0.2) is 23.3 Å². The first-order valence-corrected chi connectivity index (χ1v) is 20.2. The van der Waals surface area contributed by atoms with E-state index in [1.54, 1.807) is 12.1 Å². The Morgan fingerprint density at radius 2 is 0.885 bits per heavy atom. The molecule has 0 unspecified atom stereocenters. The lowest BCUT2D eigenvalue weighted by Crippen LogP contribution is -2.20. The molecule has 2 aliphatic rings. The summed E-state index contributed by atoms with van der Waals surface area (Å²) in [5.74, 6) is -3.43. The first kappa shape index (κ1) is 45.1. The second kappa shape index (κ2) is 19.9. The van der Waals surface area contributed by atoms with E-state index in [4.69, 9.17) is 17.5 Å². The molecule has 61 heavy (non-hydrogen) atoms. The average Bonchev–Trinajstić information content (AvgIpc) is 4.05. The lowest BCUT2D eigenvalue weighted by Gasteiger charge is -2.17. The van der Waals surface area contributed by atoms with Crippen molar-refractivity contribution in [2.45, 2.75) is 49.6 Å². The molecular weight excluding hydrogens is 837 g/mol. The van der Waals surface area contributed by atoms with Gasteiger partial charge in [0, 0.05) is 74.3 Å². The Labute approximate surface area is 345 Å². The van der Waals surface area contributed by atoms with Crippen LogP contribution in [-0.2, 0) is 23.5 Å². The minimum atomic E-state index is -4.67. The van der Waals surface area contributed by atoms with Crippen LogP contribution in [0.1, 0.15) is 81.6 Å². The standard InChI is InChI=1S/2C21H19F4N3.H2O4S/c2*22-17-7-6-13(8-18(17)23)10-28-11-15(14-4-2-1-3-5-14)16(12-28)19-9-20(21(24)25)27-26-19;1-5(2,3)4/h2*1-9,15-16,21H,10-12H2,(H,26,27);(H2,1,2,3,4)/t2*15-,16+;/m00./s1. The van der Waals surface area contributed by atoms with E-state index in [1.165, 1.54) is 24.3 Å². The summed E-state index contributed by atoms with van der Waals surface area (Å²) in [6.07, 6.45) is -5.25. The summed E-state index contributed by atoms with van der Waals surface area (Å²) in [4.78, 5) is 4.25. The lowest BCUT2D eigenvalue weighted by atomic mass is 9.87. The molecule has 4 N–H and O–H groups in total. The first-order chi connectivity index (χ1) is 29.0. The van der Waals surface area contributed by atoms with Gasteiger partial charge >= 0.3 is 10.4 Å². The minimum Gasteiger partial charge on any atom is -0.298 e. The highest BCUT2D eigenvalue weighted by atomic mass is 32.3. The molecule has 10 nitrogen and oxygen atoms in total. The van der Waals surface area contributed by atoms with Gasteiger partial charge in [-0.15, -0.1) is 0 Å². The lowest BCUT2D eigenvalue weighted by molar-refractivity contribution is 0.145. The fraction of sp³-hybridized carbons (Fsp3) is 0.286.